The summed E-state index contributed by atoms with van der Waals surface area (Å²) in [5.41, 5.74) is 2.54. The van der Waals surface area contributed by atoms with Crippen LogP contribution in [-0.4, -0.2) is 5.33 Å². The molecule has 0 radical (unpaired) electrons. The molecule has 0 heterocycles. The zero-order valence-corrected chi connectivity index (χ0v) is 14.3. The number of hydrogen-bond acceptors (Lipinski definition) is 1. The van der Waals surface area contributed by atoms with E-state index in [1.165, 1.54) is 11.1 Å². The molecule has 1 atom stereocenters. The van der Waals surface area contributed by atoms with E-state index >= 15 is 0 Å². The highest BCUT2D eigenvalue weighted by Gasteiger charge is 2.12. The Hall–Kier alpha value is -1.28. The van der Waals surface area contributed by atoms with Gasteiger partial charge >= 0.3 is 0 Å². The Labute approximate surface area is 136 Å². The molecule has 0 spiro atoms. The van der Waals surface area contributed by atoms with Crippen molar-refractivity contribution in [1.82, 2.24) is 0 Å². The van der Waals surface area contributed by atoms with Crippen LogP contribution in [0.4, 0.5) is 0 Å². The molecule has 0 aliphatic carbocycles. The summed E-state index contributed by atoms with van der Waals surface area (Å²) >= 11 is 3.62. The van der Waals surface area contributed by atoms with Gasteiger partial charge in [-0.1, -0.05) is 72.2 Å². The molecule has 0 N–H and O–H groups in total. The molecular weight excluding hydrogens is 324 g/mol. The lowest BCUT2D eigenvalue weighted by atomic mass is 9.91. The van der Waals surface area contributed by atoms with E-state index < -0.39 is 0 Å². The van der Waals surface area contributed by atoms with Gasteiger partial charge in [0.25, 0.3) is 0 Å². The summed E-state index contributed by atoms with van der Waals surface area (Å²) in [7, 11) is 0. The number of benzene rings is 2. The Kier molecular flexibility index (Phi) is 6.31. The number of hydrogen-bond donors (Lipinski definition) is 0. The Morgan fingerprint density at radius 3 is 2.33 bits per heavy atom. The number of alkyl halides is 1. The fraction of sp³-hybridized carbons (Fsp3) is 0.368. The molecule has 2 heteroatoms. The van der Waals surface area contributed by atoms with Crippen LogP contribution >= 0.6 is 15.9 Å². The van der Waals surface area contributed by atoms with Crippen LogP contribution in [0.15, 0.2) is 54.6 Å². The molecule has 2 aromatic carbocycles. The second-order valence-corrected chi connectivity index (χ2v) is 6.43. The van der Waals surface area contributed by atoms with Crippen LogP contribution in [0, 0.1) is 11.8 Å². The molecule has 0 aromatic heterocycles. The maximum Gasteiger partial charge on any atom is 0.120 e. The van der Waals surface area contributed by atoms with Gasteiger partial charge in [-0.3, -0.25) is 0 Å². The molecule has 112 valence electrons. The van der Waals surface area contributed by atoms with Crippen LogP contribution in [-0.2, 0) is 13.0 Å². The normalized spacial score (nSPS) is 12.4. The second-order valence-electron chi connectivity index (χ2n) is 5.78. The van der Waals surface area contributed by atoms with Crippen LogP contribution in [0.1, 0.15) is 25.0 Å². The molecule has 1 nitrogen and oxygen atoms in total. The third-order valence-corrected chi connectivity index (χ3v) is 4.62. The molecule has 0 bridgehead atoms. The Morgan fingerprint density at radius 2 is 1.67 bits per heavy atom. The summed E-state index contributed by atoms with van der Waals surface area (Å²) in [5.74, 6) is 2.29. The third kappa shape index (κ3) is 5.20. The van der Waals surface area contributed by atoms with E-state index in [9.17, 15) is 0 Å². The minimum atomic E-state index is 0.621. The lowest BCUT2D eigenvalue weighted by Gasteiger charge is -2.18. The van der Waals surface area contributed by atoms with Gasteiger partial charge in [0.1, 0.15) is 12.4 Å². The highest BCUT2D eigenvalue weighted by molar-refractivity contribution is 9.09. The quantitative estimate of drug-likeness (QED) is 0.603. The molecular formula is C19H23BrO. The molecule has 0 saturated heterocycles. The van der Waals surface area contributed by atoms with Crippen molar-refractivity contribution in [2.24, 2.45) is 11.8 Å². The van der Waals surface area contributed by atoms with Crippen LogP contribution in [0.5, 0.6) is 5.75 Å². The van der Waals surface area contributed by atoms with E-state index in [1.807, 2.05) is 24.3 Å². The van der Waals surface area contributed by atoms with Crippen molar-refractivity contribution in [3.8, 4) is 5.75 Å². The molecule has 0 fully saturated rings. The van der Waals surface area contributed by atoms with Gasteiger partial charge in [-0.2, -0.15) is 0 Å². The van der Waals surface area contributed by atoms with E-state index in [0.29, 0.717) is 18.4 Å². The van der Waals surface area contributed by atoms with Crippen molar-refractivity contribution in [1.29, 1.82) is 0 Å². The zero-order valence-electron chi connectivity index (χ0n) is 12.8. The molecule has 2 rings (SSSR count). The van der Waals surface area contributed by atoms with Gasteiger partial charge < -0.3 is 4.74 Å². The summed E-state index contributed by atoms with van der Waals surface area (Å²) in [4.78, 5) is 0. The lowest BCUT2D eigenvalue weighted by Crippen LogP contribution is -2.13. The molecule has 2 aromatic rings. The number of ether oxygens (including phenoxy) is 1. The van der Waals surface area contributed by atoms with E-state index in [2.05, 4.69) is 60.1 Å². The molecule has 0 aliphatic heterocycles. The van der Waals surface area contributed by atoms with Crippen molar-refractivity contribution in [3.63, 3.8) is 0 Å². The SMILES string of the molecule is CC(C)C(CBr)Cc1cccc(OCc2ccccc2)c1. The third-order valence-electron chi connectivity index (χ3n) is 3.79. The first-order valence-corrected chi connectivity index (χ1v) is 8.63. The summed E-state index contributed by atoms with van der Waals surface area (Å²) in [6.45, 7) is 5.18. The summed E-state index contributed by atoms with van der Waals surface area (Å²) in [6.07, 6.45) is 1.09. The fourth-order valence-electron chi connectivity index (χ4n) is 2.27. The minimum Gasteiger partial charge on any atom is -0.489 e. The van der Waals surface area contributed by atoms with Crippen LogP contribution in [0.2, 0.25) is 0 Å². The largest absolute Gasteiger partial charge is 0.489 e. The predicted octanol–water partition coefficient (Wildman–Crippen LogP) is 5.48. The predicted molar refractivity (Wildman–Crippen MR) is 93.0 cm³/mol. The highest BCUT2D eigenvalue weighted by atomic mass is 79.9. The van der Waals surface area contributed by atoms with Gasteiger partial charge in [0.15, 0.2) is 0 Å². The van der Waals surface area contributed by atoms with Gasteiger partial charge in [-0.25, -0.2) is 0 Å². The first-order chi connectivity index (χ1) is 10.2. The summed E-state index contributed by atoms with van der Waals surface area (Å²) in [5, 5.41) is 1.04. The molecule has 0 aliphatic rings. The standard InChI is InChI=1S/C19H23BrO/c1-15(2)18(13-20)11-17-9-6-10-19(12-17)21-14-16-7-4-3-5-8-16/h3-10,12,15,18H,11,13-14H2,1-2H3. The fourth-order valence-corrected chi connectivity index (χ4v) is 3.25. The molecule has 1 unspecified atom stereocenters. The van der Waals surface area contributed by atoms with Crippen molar-refractivity contribution < 1.29 is 4.74 Å². The molecule has 0 amide bonds. The van der Waals surface area contributed by atoms with Crippen LogP contribution in [0.3, 0.4) is 0 Å². The smallest absolute Gasteiger partial charge is 0.120 e. The van der Waals surface area contributed by atoms with Gasteiger partial charge in [0, 0.05) is 5.33 Å². The topological polar surface area (TPSA) is 9.23 Å². The maximum absolute atomic E-state index is 5.90. The van der Waals surface area contributed by atoms with Gasteiger partial charge in [0.05, 0.1) is 0 Å². The van der Waals surface area contributed by atoms with E-state index in [1.54, 1.807) is 0 Å². The summed E-state index contributed by atoms with van der Waals surface area (Å²) < 4.78 is 5.90. The Morgan fingerprint density at radius 1 is 0.952 bits per heavy atom. The monoisotopic (exact) mass is 346 g/mol. The van der Waals surface area contributed by atoms with Crippen molar-refractivity contribution in [2.75, 3.05) is 5.33 Å². The number of rotatable bonds is 7. The highest BCUT2D eigenvalue weighted by Crippen LogP contribution is 2.22. The van der Waals surface area contributed by atoms with Gasteiger partial charge in [-0.05, 0) is 41.5 Å². The van der Waals surface area contributed by atoms with Gasteiger partial charge in [0.2, 0.25) is 0 Å². The van der Waals surface area contributed by atoms with E-state index in [0.717, 1.165) is 17.5 Å². The van der Waals surface area contributed by atoms with Crippen molar-refractivity contribution in [2.45, 2.75) is 26.9 Å². The number of halogens is 1. The van der Waals surface area contributed by atoms with Gasteiger partial charge in [-0.15, -0.1) is 0 Å². The zero-order chi connectivity index (χ0) is 15.1. The maximum atomic E-state index is 5.90. The molecule has 0 saturated carbocycles. The Bertz CT molecular complexity index is 536. The van der Waals surface area contributed by atoms with E-state index in [4.69, 9.17) is 4.74 Å². The van der Waals surface area contributed by atoms with E-state index in [-0.39, 0.29) is 0 Å². The summed E-state index contributed by atoms with van der Waals surface area (Å²) in [6, 6.07) is 18.8. The van der Waals surface area contributed by atoms with Crippen LogP contribution in [0.25, 0.3) is 0 Å². The molecule has 21 heavy (non-hydrogen) atoms. The lowest BCUT2D eigenvalue weighted by molar-refractivity contribution is 0.305. The average molecular weight is 347 g/mol. The first kappa shape index (κ1) is 16.1. The van der Waals surface area contributed by atoms with Crippen molar-refractivity contribution in [3.05, 3.63) is 65.7 Å². The minimum absolute atomic E-state index is 0.621. The van der Waals surface area contributed by atoms with Crippen LogP contribution < -0.4 is 4.74 Å². The Balaban J connectivity index is 1.97. The van der Waals surface area contributed by atoms with Crippen molar-refractivity contribution >= 4 is 15.9 Å². The second kappa shape index (κ2) is 8.23. The first-order valence-electron chi connectivity index (χ1n) is 7.50. The average Bonchev–Trinajstić information content (AvgIpc) is 2.52.